The Morgan fingerprint density at radius 3 is 2.53 bits per heavy atom. The van der Waals surface area contributed by atoms with Gasteiger partial charge in [0.1, 0.15) is 11.0 Å². The van der Waals surface area contributed by atoms with Gasteiger partial charge in [0.2, 0.25) is 15.9 Å². The lowest BCUT2D eigenvalue weighted by molar-refractivity contribution is -0.119. The van der Waals surface area contributed by atoms with Crippen LogP contribution in [0.25, 0.3) is 0 Å². The molecule has 3 heterocycles. The molecule has 1 unspecified atom stereocenters. The molecule has 2 aliphatic heterocycles. The number of ether oxygens (including phenoxy) is 1. The van der Waals surface area contributed by atoms with Crippen LogP contribution in [0.15, 0.2) is 29.2 Å². The predicted octanol–water partition coefficient (Wildman–Crippen LogP) is 4.53. The van der Waals surface area contributed by atoms with Gasteiger partial charge in [0.05, 0.1) is 17.1 Å². The zero-order chi connectivity index (χ0) is 26.5. The quantitative estimate of drug-likeness (QED) is 0.509. The van der Waals surface area contributed by atoms with Crippen molar-refractivity contribution >= 4 is 49.8 Å². The van der Waals surface area contributed by atoms with Gasteiger partial charge in [0.15, 0.2) is 0 Å². The number of hydrogen-bond acceptors (Lipinski definition) is 7. The van der Waals surface area contributed by atoms with Crippen molar-refractivity contribution in [1.82, 2.24) is 9.62 Å². The molecule has 2 aromatic rings. The molecular formula is C25H32ClN3O5S2. The average molecular weight is 554 g/mol. The molecule has 0 bridgehead atoms. The summed E-state index contributed by atoms with van der Waals surface area (Å²) in [4.78, 5) is 27.6. The topological polar surface area (TPSA) is 105 Å². The molecule has 0 saturated carbocycles. The Balaban J connectivity index is 1.68. The van der Waals surface area contributed by atoms with E-state index in [1.165, 1.54) is 39.9 Å². The second-order valence-corrected chi connectivity index (χ2v) is 13.7. The molecule has 8 nitrogen and oxygen atoms in total. The number of nitrogens with zero attached hydrogens (tertiary/aromatic N) is 1. The third kappa shape index (κ3) is 5.06. The molecule has 196 valence electrons. The standard InChI is InChI=1S/C25H32ClN3O5S2/c1-6-34-23(31)19-17-14-24(2,3)28-25(4,5)20(17)35-22(19)27-21(30)18-8-7-13-29(18)36(32,33)16-11-9-15(26)10-12-16/h9-12,18,28H,6-8,13-14H2,1-5H3,(H,27,30). The Bertz CT molecular complexity index is 1290. The first-order valence-corrected chi connectivity index (χ1v) is 14.6. The summed E-state index contributed by atoms with van der Waals surface area (Å²) >= 11 is 7.26. The molecule has 1 amide bonds. The second kappa shape index (κ2) is 9.72. The lowest BCUT2D eigenvalue weighted by atomic mass is 9.81. The number of carbonyl (C=O) groups excluding carboxylic acids is 2. The van der Waals surface area contributed by atoms with Crippen LogP contribution in [0.5, 0.6) is 0 Å². The van der Waals surface area contributed by atoms with E-state index in [4.69, 9.17) is 16.3 Å². The summed E-state index contributed by atoms with van der Waals surface area (Å²) in [6, 6.07) is 5.02. The van der Waals surface area contributed by atoms with Gasteiger partial charge in [-0.15, -0.1) is 11.3 Å². The van der Waals surface area contributed by atoms with Gasteiger partial charge in [-0.25, -0.2) is 13.2 Å². The van der Waals surface area contributed by atoms with Crippen LogP contribution in [0.2, 0.25) is 5.02 Å². The van der Waals surface area contributed by atoms with Crippen molar-refractivity contribution in [3.05, 3.63) is 45.3 Å². The fourth-order valence-electron chi connectivity index (χ4n) is 5.26. The van der Waals surface area contributed by atoms with Crippen molar-refractivity contribution in [1.29, 1.82) is 0 Å². The number of thiophene rings is 1. The lowest BCUT2D eigenvalue weighted by Gasteiger charge is -2.42. The Morgan fingerprint density at radius 2 is 1.89 bits per heavy atom. The molecule has 11 heteroatoms. The van der Waals surface area contributed by atoms with Gasteiger partial charge in [-0.3, -0.25) is 4.79 Å². The maximum atomic E-state index is 13.5. The van der Waals surface area contributed by atoms with Crippen molar-refractivity contribution in [2.24, 2.45) is 0 Å². The minimum atomic E-state index is -3.90. The molecule has 0 aliphatic carbocycles. The highest BCUT2D eigenvalue weighted by Gasteiger charge is 2.44. The van der Waals surface area contributed by atoms with Gasteiger partial charge < -0.3 is 15.4 Å². The van der Waals surface area contributed by atoms with Gasteiger partial charge in [-0.1, -0.05) is 11.6 Å². The normalized spacial score (nSPS) is 21.1. The summed E-state index contributed by atoms with van der Waals surface area (Å²) in [7, 11) is -3.90. The molecule has 4 rings (SSSR count). The summed E-state index contributed by atoms with van der Waals surface area (Å²) in [6.07, 6.45) is 1.53. The summed E-state index contributed by atoms with van der Waals surface area (Å²) in [5.41, 5.74) is 0.524. The number of esters is 1. The lowest BCUT2D eigenvalue weighted by Crippen LogP contribution is -2.55. The molecule has 0 spiro atoms. The Hall–Kier alpha value is -1.98. The predicted molar refractivity (Wildman–Crippen MR) is 141 cm³/mol. The fraction of sp³-hybridized carbons (Fsp3) is 0.520. The molecular weight excluding hydrogens is 522 g/mol. The third-order valence-corrected chi connectivity index (χ3v) is 10.1. The minimum absolute atomic E-state index is 0.0838. The van der Waals surface area contributed by atoms with Crippen molar-refractivity contribution in [2.75, 3.05) is 18.5 Å². The number of carbonyl (C=O) groups is 2. The number of amides is 1. The fourth-order valence-corrected chi connectivity index (χ4v) is 8.31. The van der Waals surface area contributed by atoms with E-state index >= 15 is 0 Å². The maximum Gasteiger partial charge on any atom is 0.341 e. The molecule has 1 saturated heterocycles. The molecule has 1 atom stereocenters. The van der Waals surface area contributed by atoms with Crippen LogP contribution in [0.1, 0.15) is 68.3 Å². The van der Waals surface area contributed by atoms with E-state index < -0.39 is 33.5 Å². The first-order valence-electron chi connectivity index (χ1n) is 12.0. The van der Waals surface area contributed by atoms with Gasteiger partial charge in [-0.2, -0.15) is 4.31 Å². The molecule has 1 aromatic carbocycles. The first kappa shape index (κ1) is 27.1. The molecule has 1 aromatic heterocycles. The van der Waals surface area contributed by atoms with Crippen LogP contribution in [0.4, 0.5) is 5.00 Å². The van der Waals surface area contributed by atoms with Crippen molar-refractivity contribution in [3.63, 3.8) is 0 Å². The van der Waals surface area contributed by atoms with E-state index in [0.717, 1.165) is 10.4 Å². The monoisotopic (exact) mass is 553 g/mol. The van der Waals surface area contributed by atoms with Crippen LogP contribution < -0.4 is 10.6 Å². The summed E-state index contributed by atoms with van der Waals surface area (Å²) in [5, 5.41) is 7.33. The maximum absolute atomic E-state index is 13.5. The van der Waals surface area contributed by atoms with Crippen LogP contribution in [-0.2, 0) is 31.5 Å². The van der Waals surface area contributed by atoms with E-state index in [2.05, 4.69) is 24.5 Å². The number of rotatable bonds is 6. The average Bonchev–Trinajstić information content (AvgIpc) is 3.39. The van der Waals surface area contributed by atoms with Gasteiger partial charge >= 0.3 is 5.97 Å². The highest BCUT2D eigenvalue weighted by Crippen LogP contribution is 2.45. The summed E-state index contributed by atoms with van der Waals surface area (Å²) < 4.78 is 33.2. The number of halogens is 1. The number of nitrogens with one attached hydrogen (secondary N) is 2. The zero-order valence-electron chi connectivity index (χ0n) is 21.1. The van der Waals surface area contributed by atoms with E-state index in [1.807, 2.05) is 13.8 Å². The van der Waals surface area contributed by atoms with E-state index in [1.54, 1.807) is 6.92 Å². The first-order chi connectivity index (χ1) is 16.8. The minimum Gasteiger partial charge on any atom is -0.462 e. The smallest absolute Gasteiger partial charge is 0.341 e. The van der Waals surface area contributed by atoms with Crippen molar-refractivity contribution < 1.29 is 22.7 Å². The second-order valence-electron chi connectivity index (χ2n) is 10.4. The van der Waals surface area contributed by atoms with Crippen LogP contribution in [-0.4, -0.2) is 49.3 Å². The van der Waals surface area contributed by atoms with Crippen molar-refractivity contribution in [3.8, 4) is 0 Å². The van der Waals surface area contributed by atoms with Gasteiger partial charge in [-0.05, 0) is 83.7 Å². The molecule has 36 heavy (non-hydrogen) atoms. The van der Waals surface area contributed by atoms with E-state index in [-0.39, 0.29) is 23.6 Å². The van der Waals surface area contributed by atoms with Crippen LogP contribution >= 0.6 is 22.9 Å². The third-order valence-electron chi connectivity index (χ3n) is 6.49. The van der Waals surface area contributed by atoms with Gasteiger partial charge in [0.25, 0.3) is 0 Å². The zero-order valence-corrected chi connectivity index (χ0v) is 23.5. The van der Waals surface area contributed by atoms with Gasteiger partial charge in [0, 0.05) is 27.5 Å². The number of sulfonamides is 1. The molecule has 0 radical (unpaired) electrons. The number of fused-ring (bicyclic) bond motifs is 1. The van der Waals surface area contributed by atoms with Crippen LogP contribution in [0.3, 0.4) is 0 Å². The largest absolute Gasteiger partial charge is 0.462 e. The number of benzene rings is 1. The molecule has 2 aliphatic rings. The summed E-state index contributed by atoms with van der Waals surface area (Å²) in [6.45, 7) is 10.4. The highest BCUT2D eigenvalue weighted by atomic mass is 35.5. The Kier molecular flexibility index (Phi) is 7.31. The summed E-state index contributed by atoms with van der Waals surface area (Å²) in [5.74, 6) is -0.949. The molecule has 2 N–H and O–H groups in total. The SMILES string of the molecule is CCOC(=O)c1c(NC(=O)C2CCCN2S(=O)(=O)c2ccc(Cl)cc2)sc2c1CC(C)(C)NC2(C)C. The Morgan fingerprint density at radius 1 is 1.22 bits per heavy atom. The molecule has 1 fully saturated rings. The highest BCUT2D eigenvalue weighted by molar-refractivity contribution is 7.89. The van der Waals surface area contributed by atoms with E-state index in [9.17, 15) is 18.0 Å². The van der Waals surface area contributed by atoms with Crippen LogP contribution in [0, 0.1) is 0 Å². The number of hydrogen-bond donors (Lipinski definition) is 2. The Labute approximate surface area is 221 Å². The van der Waals surface area contributed by atoms with Crippen molar-refractivity contribution in [2.45, 2.75) is 75.9 Å². The number of anilines is 1. The van der Waals surface area contributed by atoms with E-state index in [0.29, 0.717) is 34.8 Å².